The van der Waals surface area contributed by atoms with Crippen molar-refractivity contribution in [2.24, 2.45) is 0 Å². The second-order valence-electron chi connectivity index (χ2n) is 5.51. The zero-order chi connectivity index (χ0) is 12.7. The first-order valence-electron chi connectivity index (χ1n) is 6.52. The molecule has 1 N–H and O–H groups in total. The maximum atomic E-state index is 5.66. The van der Waals surface area contributed by atoms with Crippen LogP contribution in [0, 0.1) is 0 Å². The van der Waals surface area contributed by atoms with E-state index in [1.165, 1.54) is 25.7 Å². The van der Waals surface area contributed by atoms with E-state index in [1.807, 2.05) is 0 Å². The maximum absolute atomic E-state index is 5.66. The van der Waals surface area contributed by atoms with E-state index in [2.05, 4.69) is 55.2 Å². The fourth-order valence-electron chi connectivity index (χ4n) is 3.23. The van der Waals surface area contributed by atoms with Crippen LogP contribution in [-0.2, 0) is 6.54 Å². The molecule has 0 amide bonds. The minimum absolute atomic E-state index is 0.686. The van der Waals surface area contributed by atoms with Crippen LogP contribution in [0.1, 0.15) is 31.4 Å². The molecule has 2 unspecified atom stereocenters. The summed E-state index contributed by atoms with van der Waals surface area (Å²) in [6, 6.07) is 4.22. The Morgan fingerprint density at radius 3 is 2.56 bits per heavy atom. The minimum Gasteiger partial charge on any atom is -0.452 e. The summed E-state index contributed by atoms with van der Waals surface area (Å²) in [5.74, 6) is 1.02. The molecule has 3 heterocycles. The van der Waals surface area contributed by atoms with Gasteiger partial charge in [0, 0.05) is 18.1 Å². The van der Waals surface area contributed by atoms with Crippen molar-refractivity contribution in [2.45, 2.75) is 50.4 Å². The third kappa shape index (κ3) is 2.69. The van der Waals surface area contributed by atoms with Gasteiger partial charge in [0.15, 0.2) is 4.67 Å². The van der Waals surface area contributed by atoms with Crippen molar-refractivity contribution >= 4 is 31.9 Å². The van der Waals surface area contributed by atoms with Crippen LogP contribution in [0.15, 0.2) is 19.6 Å². The van der Waals surface area contributed by atoms with E-state index in [1.54, 1.807) is 0 Å². The zero-order valence-corrected chi connectivity index (χ0v) is 13.6. The minimum atomic E-state index is 0.686. The molecule has 0 aromatic carbocycles. The Kier molecular flexibility index (Phi) is 3.85. The summed E-state index contributed by atoms with van der Waals surface area (Å²) in [5.41, 5.74) is 0. The molecular formula is C13H18Br2N2O. The first kappa shape index (κ1) is 13.2. The highest BCUT2D eigenvalue weighted by molar-refractivity contribution is 9.13. The lowest BCUT2D eigenvalue weighted by Gasteiger charge is -2.35. The van der Waals surface area contributed by atoms with Crippen LogP contribution in [0.4, 0.5) is 0 Å². The van der Waals surface area contributed by atoms with Crippen molar-refractivity contribution in [1.29, 1.82) is 0 Å². The first-order valence-corrected chi connectivity index (χ1v) is 8.10. The molecule has 3 rings (SSSR count). The summed E-state index contributed by atoms with van der Waals surface area (Å²) in [5, 5.41) is 3.69. The van der Waals surface area contributed by atoms with Gasteiger partial charge in [0.1, 0.15) is 5.76 Å². The number of rotatable bonds is 3. The molecule has 0 aliphatic carbocycles. The van der Waals surface area contributed by atoms with Crippen LogP contribution in [0.5, 0.6) is 0 Å². The number of nitrogens with zero attached hydrogens (tertiary/aromatic N) is 1. The molecule has 2 fully saturated rings. The third-order valence-corrected chi connectivity index (χ3v) is 5.88. The summed E-state index contributed by atoms with van der Waals surface area (Å²) >= 11 is 6.85. The summed E-state index contributed by atoms with van der Waals surface area (Å²) in [4.78, 5) is 2.43. The lowest BCUT2D eigenvalue weighted by Crippen LogP contribution is -2.46. The fourth-order valence-corrected chi connectivity index (χ4v) is 3.89. The Labute approximate surface area is 125 Å². The second-order valence-corrected chi connectivity index (χ2v) is 7.09. The molecular weight excluding hydrogens is 360 g/mol. The second kappa shape index (κ2) is 5.27. The van der Waals surface area contributed by atoms with Gasteiger partial charge < -0.3 is 9.73 Å². The van der Waals surface area contributed by atoms with Gasteiger partial charge in [-0.1, -0.05) is 0 Å². The molecule has 5 heteroatoms. The van der Waals surface area contributed by atoms with Crippen molar-refractivity contribution in [3.63, 3.8) is 0 Å². The number of fused-ring (bicyclic) bond motifs is 2. The predicted molar refractivity (Wildman–Crippen MR) is 78.5 cm³/mol. The van der Waals surface area contributed by atoms with Gasteiger partial charge in [0.25, 0.3) is 0 Å². The van der Waals surface area contributed by atoms with Crippen molar-refractivity contribution in [1.82, 2.24) is 10.2 Å². The Hall–Kier alpha value is 0.160. The van der Waals surface area contributed by atoms with Crippen molar-refractivity contribution < 1.29 is 4.42 Å². The van der Waals surface area contributed by atoms with E-state index in [4.69, 9.17) is 4.42 Å². The Balaban J connectivity index is 1.62. The van der Waals surface area contributed by atoms with Crippen LogP contribution in [0.3, 0.4) is 0 Å². The molecule has 0 spiro atoms. The van der Waals surface area contributed by atoms with E-state index in [0.29, 0.717) is 6.04 Å². The average molecular weight is 378 g/mol. The molecule has 2 saturated heterocycles. The van der Waals surface area contributed by atoms with Crippen molar-refractivity contribution in [3.05, 3.63) is 21.0 Å². The van der Waals surface area contributed by atoms with Crippen molar-refractivity contribution in [3.8, 4) is 0 Å². The summed E-state index contributed by atoms with van der Waals surface area (Å²) in [7, 11) is 2.21. The number of nitrogens with one attached hydrogen (secondary N) is 1. The largest absolute Gasteiger partial charge is 0.452 e. The molecule has 2 aliphatic rings. The van der Waals surface area contributed by atoms with Crippen LogP contribution >= 0.6 is 31.9 Å². The highest BCUT2D eigenvalue weighted by Gasteiger charge is 2.35. The van der Waals surface area contributed by atoms with Gasteiger partial charge in [0.2, 0.25) is 0 Å². The lowest BCUT2D eigenvalue weighted by atomic mass is 9.98. The molecule has 0 radical (unpaired) electrons. The number of hydrogen-bond donors (Lipinski definition) is 1. The third-order valence-electron chi connectivity index (χ3n) is 4.17. The van der Waals surface area contributed by atoms with Gasteiger partial charge in [-0.15, -0.1) is 0 Å². The van der Waals surface area contributed by atoms with E-state index >= 15 is 0 Å². The van der Waals surface area contributed by atoms with Gasteiger partial charge in [-0.05, 0) is 70.7 Å². The predicted octanol–water partition coefficient (Wildman–Crippen LogP) is 3.52. The molecule has 2 aliphatic heterocycles. The van der Waals surface area contributed by atoms with Gasteiger partial charge in [-0.2, -0.15) is 0 Å². The van der Waals surface area contributed by atoms with Crippen LogP contribution in [0.2, 0.25) is 0 Å². The van der Waals surface area contributed by atoms with E-state index in [0.717, 1.165) is 33.5 Å². The molecule has 18 heavy (non-hydrogen) atoms. The molecule has 1 aromatic heterocycles. The zero-order valence-electron chi connectivity index (χ0n) is 10.5. The average Bonchev–Trinajstić information content (AvgIpc) is 2.82. The van der Waals surface area contributed by atoms with Crippen LogP contribution in [-0.4, -0.2) is 30.1 Å². The molecule has 3 nitrogen and oxygen atoms in total. The summed E-state index contributed by atoms with van der Waals surface area (Å²) < 4.78 is 7.44. The molecule has 2 bridgehead atoms. The molecule has 2 atom stereocenters. The standard InChI is InChI=1S/C13H18Br2N2O/c1-17(7-11-6-12(14)13(15)18-11)10-4-8-2-3-9(5-10)16-8/h6,8-10,16H,2-5,7H2,1H3. The number of hydrogen-bond acceptors (Lipinski definition) is 3. The highest BCUT2D eigenvalue weighted by atomic mass is 79.9. The number of furan rings is 1. The normalized spacial score (nSPS) is 31.2. The van der Waals surface area contributed by atoms with Gasteiger partial charge in [-0.25, -0.2) is 0 Å². The van der Waals surface area contributed by atoms with Crippen LogP contribution < -0.4 is 5.32 Å². The SMILES string of the molecule is CN(Cc1cc(Br)c(Br)o1)C1CC2CCC(C1)N2. The lowest BCUT2D eigenvalue weighted by molar-refractivity contribution is 0.156. The quantitative estimate of drug-likeness (QED) is 0.873. The topological polar surface area (TPSA) is 28.4 Å². The van der Waals surface area contributed by atoms with E-state index in [-0.39, 0.29) is 0 Å². The smallest absolute Gasteiger partial charge is 0.183 e. The first-order chi connectivity index (χ1) is 8.61. The van der Waals surface area contributed by atoms with Crippen molar-refractivity contribution in [2.75, 3.05) is 7.05 Å². The van der Waals surface area contributed by atoms with Gasteiger partial charge in [0.05, 0.1) is 11.0 Å². The molecule has 100 valence electrons. The van der Waals surface area contributed by atoms with Gasteiger partial charge >= 0.3 is 0 Å². The molecule has 1 aromatic rings. The van der Waals surface area contributed by atoms with Crippen LogP contribution in [0.25, 0.3) is 0 Å². The highest BCUT2D eigenvalue weighted by Crippen LogP contribution is 2.31. The molecule has 0 saturated carbocycles. The summed E-state index contributed by atoms with van der Waals surface area (Å²) in [6.45, 7) is 0.883. The van der Waals surface area contributed by atoms with E-state index in [9.17, 15) is 0 Å². The fraction of sp³-hybridized carbons (Fsp3) is 0.692. The summed E-state index contributed by atoms with van der Waals surface area (Å²) in [6.07, 6.45) is 5.26. The Morgan fingerprint density at radius 2 is 2.00 bits per heavy atom. The van der Waals surface area contributed by atoms with E-state index < -0.39 is 0 Å². The monoisotopic (exact) mass is 376 g/mol. The Morgan fingerprint density at radius 1 is 1.33 bits per heavy atom. The van der Waals surface area contributed by atoms with Gasteiger partial charge in [-0.3, -0.25) is 4.90 Å². The number of halogens is 2. The maximum Gasteiger partial charge on any atom is 0.183 e. The number of piperidine rings is 1. The Bertz CT molecular complexity index is 403.